The summed E-state index contributed by atoms with van der Waals surface area (Å²) in [4.78, 5) is 6.79. The summed E-state index contributed by atoms with van der Waals surface area (Å²) in [6, 6.07) is 7.68. The highest BCUT2D eigenvalue weighted by molar-refractivity contribution is 6.33. The topological polar surface area (TPSA) is 55.8 Å². The van der Waals surface area contributed by atoms with Crippen LogP contribution in [0.5, 0.6) is 0 Å². The van der Waals surface area contributed by atoms with Crippen molar-refractivity contribution in [2.75, 3.05) is 36.9 Å². The van der Waals surface area contributed by atoms with Crippen LogP contribution < -0.4 is 10.6 Å². The number of halogens is 1. The zero-order valence-corrected chi connectivity index (χ0v) is 13.3. The summed E-state index contributed by atoms with van der Waals surface area (Å²) in [6.45, 7) is 3.18. The van der Waals surface area contributed by atoms with Crippen LogP contribution in [0.3, 0.4) is 0 Å². The zero-order valence-electron chi connectivity index (χ0n) is 12.6. The number of nitrogens with two attached hydrogens (primary N) is 1. The average molecular weight is 329 g/mol. The Morgan fingerprint density at radius 1 is 1.17 bits per heavy atom. The lowest BCUT2D eigenvalue weighted by Gasteiger charge is -2.29. The molecule has 118 valence electrons. The van der Waals surface area contributed by atoms with Crippen LogP contribution in [0.2, 0.25) is 5.02 Å². The second-order valence-electron chi connectivity index (χ2n) is 5.61. The van der Waals surface area contributed by atoms with Crippen LogP contribution in [-0.2, 0) is 4.74 Å². The number of ether oxygens (including phenoxy) is 1. The molecule has 0 saturated carbocycles. The zero-order chi connectivity index (χ0) is 15.8. The van der Waals surface area contributed by atoms with Crippen molar-refractivity contribution in [1.29, 1.82) is 0 Å². The maximum atomic E-state index is 6.38. The van der Waals surface area contributed by atoms with Gasteiger partial charge in [-0.25, -0.2) is 4.98 Å². The van der Waals surface area contributed by atoms with E-state index in [2.05, 4.69) is 16.0 Å². The number of pyridine rings is 1. The molecule has 0 spiro atoms. The monoisotopic (exact) mass is 328 g/mol. The first kappa shape index (κ1) is 14.4. The number of imidazole rings is 1. The van der Waals surface area contributed by atoms with Crippen molar-refractivity contribution in [2.45, 2.75) is 0 Å². The molecule has 5 nitrogen and oxygen atoms in total. The number of fused-ring (bicyclic) bond motifs is 1. The summed E-state index contributed by atoms with van der Waals surface area (Å²) < 4.78 is 7.49. The molecule has 0 amide bonds. The van der Waals surface area contributed by atoms with Gasteiger partial charge in [-0.1, -0.05) is 11.6 Å². The van der Waals surface area contributed by atoms with Crippen molar-refractivity contribution in [1.82, 2.24) is 9.38 Å². The minimum atomic E-state index is 0.687. The first-order chi connectivity index (χ1) is 11.2. The van der Waals surface area contributed by atoms with E-state index in [1.807, 2.05) is 41.2 Å². The lowest BCUT2D eigenvalue weighted by atomic mass is 10.1. The lowest BCUT2D eigenvalue weighted by molar-refractivity contribution is 0.123. The van der Waals surface area contributed by atoms with Gasteiger partial charge in [0, 0.05) is 53.5 Å². The third-order valence-electron chi connectivity index (χ3n) is 4.12. The van der Waals surface area contributed by atoms with Crippen LogP contribution in [0.1, 0.15) is 0 Å². The molecule has 0 aliphatic carbocycles. The van der Waals surface area contributed by atoms with Gasteiger partial charge in [0.05, 0.1) is 18.9 Å². The highest BCUT2D eigenvalue weighted by Crippen LogP contribution is 2.33. The Morgan fingerprint density at radius 3 is 2.83 bits per heavy atom. The fraction of sp³-hybridized carbons (Fsp3) is 0.235. The third kappa shape index (κ3) is 2.62. The van der Waals surface area contributed by atoms with Crippen molar-refractivity contribution in [3.05, 3.63) is 47.9 Å². The summed E-state index contributed by atoms with van der Waals surface area (Å²) >= 11 is 6.38. The van der Waals surface area contributed by atoms with E-state index in [9.17, 15) is 0 Å². The molecular weight excluding hydrogens is 312 g/mol. The number of aromatic nitrogens is 2. The summed E-state index contributed by atoms with van der Waals surface area (Å²) in [5.41, 5.74) is 10.6. The van der Waals surface area contributed by atoms with Crippen LogP contribution in [0.25, 0.3) is 16.8 Å². The SMILES string of the molecule is Nc1ccc(Cl)c(-c2cc(N3CCOCC3)c3nccn3c2)c1. The molecule has 1 aliphatic rings. The van der Waals surface area contributed by atoms with Crippen molar-refractivity contribution >= 4 is 28.6 Å². The molecule has 2 N–H and O–H groups in total. The predicted octanol–water partition coefficient (Wildman–Crippen LogP) is 3.07. The number of anilines is 2. The van der Waals surface area contributed by atoms with Crippen LogP contribution in [0.15, 0.2) is 42.9 Å². The van der Waals surface area contributed by atoms with E-state index in [1.54, 1.807) is 0 Å². The van der Waals surface area contributed by atoms with Gasteiger partial charge in [-0.15, -0.1) is 0 Å². The molecular formula is C17H17ClN4O. The molecule has 1 aliphatic heterocycles. The van der Waals surface area contributed by atoms with Crippen LogP contribution in [0, 0.1) is 0 Å². The van der Waals surface area contributed by atoms with Crippen molar-refractivity contribution in [2.24, 2.45) is 0 Å². The van der Waals surface area contributed by atoms with E-state index in [0.717, 1.165) is 48.8 Å². The van der Waals surface area contributed by atoms with Crippen molar-refractivity contribution in [3.63, 3.8) is 0 Å². The van der Waals surface area contributed by atoms with E-state index < -0.39 is 0 Å². The number of hydrogen-bond acceptors (Lipinski definition) is 4. The molecule has 0 bridgehead atoms. The third-order valence-corrected chi connectivity index (χ3v) is 4.45. The Labute approximate surface area is 139 Å². The highest BCUT2D eigenvalue weighted by atomic mass is 35.5. The Kier molecular flexibility index (Phi) is 3.59. The summed E-state index contributed by atoms with van der Waals surface area (Å²) in [5.74, 6) is 0. The van der Waals surface area contributed by atoms with Gasteiger partial charge in [-0.3, -0.25) is 0 Å². The minimum Gasteiger partial charge on any atom is -0.399 e. The van der Waals surface area contributed by atoms with Crippen molar-refractivity contribution < 1.29 is 4.74 Å². The van der Waals surface area contributed by atoms with Gasteiger partial charge in [0.1, 0.15) is 0 Å². The minimum absolute atomic E-state index is 0.687. The molecule has 0 radical (unpaired) electrons. The van der Waals surface area contributed by atoms with E-state index >= 15 is 0 Å². The van der Waals surface area contributed by atoms with Crippen molar-refractivity contribution in [3.8, 4) is 11.1 Å². The van der Waals surface area contributed by atoms with E-state index in [4.69, 9.17) is 22.1 Å². The Bertz CT molecular complexity index is 855. The molecule has 0 atom stereocenters. The Balaban J connectivity index is 1.89. The molecule has 1 fully saturated rings. The van der Waals surface area contributed by atoms with Crippen LogP contribution >= 0.6 is 11.6 Å². The quantitative estimate of drug-likeness (QED) is 0.735. The molecule has 0 unspecified atom stereocenters. The summed E-state index contributed by atoms with van der Waals surface area (Å²) in [5, 5.41) is 0.687. The molecule has 1 saturated heterocycles. The first-order valence-electron chi connectivity index (χ1n) is 7.57. The molecule has 3 aromatic rings. The smallest absolute Gasteiger partial charge is 0.160 e. The van der Waals surface area contributed by atoms with Gasteiger partial charge in [0.2, 0.25) is 0 Å². The Hall–Kier alpha value is -2.24. The number of benzene rings is 1. The van der Waals surface area contributed by atoms with E-state index in [0.29, 0.717) is 10.7 Å². The van der Waals surface area contributed by atoms with Gasteiger partial charge < -0.3 is 19.8 Å². The second-order valence-corrected chi connectivity index (χ2v) is 6.02. The fourth-order valence-electron chi connectivity index (χ4n) is 2.96. The number of rotatable bonds is 2. The number of hydrogen-bond donors (Lipinski definition) is 1. The van der Waals surface area contributed by atoms with Gasteiger partial charge >= 0.3 is 0 Å². The fourth-order valence-corrected chi connectivity index (χ4v) is 3.19. The highest BCUT2D eigenvalue weighted by Gasteiger charge is 2.17. The Morgan fingerprint density at radius 2 is 2.00 bits per heavy atom. The normalized spacial score (nSPS) is 15.3. The second kappa shape index (κ2) is 5.76. The molecule has 23 heavy (non-hydrogen) atoms. The number of nitrogen functional groups attached to an aromatic ring is 1. The number of nitrogens with zero attached hydrogens (tertiary/aromatic N) is 3. The van der Waals surface area contributed by atoms with Gasteiger partial charge in [-0.05, 0) is 24.3 Å². The average Bonchev–Trinajstić information content (AvgIpc) is 3.05. The molecule has 1 aromatic carbocycles. The molecule has 6 heteroatoms. The maximum absolute atomic E-state index is 6.38. The van der Waals surface area contributed by atoms with E-state index in [1.165, 1.54) is 0 Å². The van der Waals surface area contributed by atoms with Gasteiger partial charge in [0.25, 0.3) is 0 Å². The molecule has 2 aromatic heterocycles. The summed E-state index contributed by atoms with van der Waals surface area (Å²) in [7, 11) is 0. The van der Waals surface area contributed by atoms with E-state index in [-0.39, 0.29) is 0 Å². The lowest BCUT2D eigenvalue weighted by Crippen LogP contribution is -2.36. The van der Waals surface area contributed by atoms with Crippen LogP contribution in [-0.4, -0.2) is 35.7 Å². The van der Waals surface area contributed by atoms with Crippen LogP contribution in [0.4, 0.5) is 11.4 Å². The first-order valence-corrected chi connectivity index (χ1v) is 7.95. The molecule has 3 heterocycles. The van der Waals surface area contributed by atoms with Gasteiger partial charge in [-0.2, -0.15) is 0 Å². The summed E-state index contributed by atoms with van der Waals surface area (Å²) in [6.07, 6.45) is 5.79. The molecule has 4 rings (SSSR count). The predicted molar refractivity (Wildman–Crippen MR) is 93.1 cm³/mol. The van der Waals surface area contributed by atoms with Gasteiger partial charge in [0.15, 0.2) is 5.65 Å². The standard InChI is InChI=1S/C17H17ClN4O/c18-15-2-1-13(19)10-14(15)12-9-16(21-5-7-23-8-6-21)17-20-3-4-22(17)11-12/h1-4,9-11H,5-8,19H2. The maximum Gasteiger partial charge on any atom is 0.160 e. The number of morpholine rings is 1. The largest absolute Gasteiger partial charge is 0.399 e.